The Morgan fingerprint density at radius 3 is 2.58 bits per heavy atom. The second kappa shape index (κ2) is 6.40. The number of pyridine rings is 1. The number of aromatic nitrogens is 2. The molecule has 2 aromatic rings. The number of aryl methyl sites for hydroxylation is 1. The van der Waals surface area contributed by atoms with Gasteiger partial charge < -0.3 is 9.88 Å². The van der Waals surface area contributed by atoms with Gasteiger partial charge in [0.1, 0.15) is 0 Å². The normalized spacial score (nSPS) is 19.8. The number of amides is 3. The highest BCUT2D eigenvalue weighted by atomic mass is 16.2. The highest BCUT2D eigenvalue weighted by molar-refractivity contribution is 6.11. The van der Waals surface area contributed by atoms with E-state index in [0.717, 1.165) is 22.8 Å². The van der Waals surface area contributed by atoms with E-state index in [1.54, 1.807) is 37.4 Å². The molecule has 0 radical (unpaired) electrons. The summed E-state index contributed by atoms with van der Waals surface area (Å²) in [6.07, 6.45) is 1.56. The molecule has 0 bridgehead atoms. The molecule has 1 aliphatic rings. The van der Waals surface area contributed by atoms with Crippen LogP contribution in [0.1, 0.15) is 41.3 Å². The summed E-state index contributed by atoms with van der Waals surface area (Å²) in [5.41, 5.74) is 1.53. The van der Waals surface area contributed by atoms with Crippen LogP contribution >= 0.6 is 0 Å². The van der Waals surface area contributed by atoms with Crippen LogP contribution in [-0.4, -0.2) is 38.7 Å². The van der Waals surface area contributed by atoms with Crippen molar-refractivity contribution in [2.75, 3.05) is 6.54 Å². The van der Waals surface area contributed by atoms with Gasteiger partial charge in [-0.05, 0) is 45.9 Å². The van der Waals surface area contributed by atoms with Crippen molar-refractivity contribution in [3.8, 4) is 0 Å². The fourth-order valence-electron chi connectivity index (χ4n) is 3.47. The Morgan fingerprint density at radius 1 is 1.27 bits per heavy atom. The van der Waals surface area contributed by atoms with Gasteiger partial charge in [0.25, 0.3) is 5.91 Å². The van der Waals surface area contributed by atoms with E-state index in [9.17, 15) is 14.4 Å². The van der Waals surface area contributed by atoms with Crippen LogP contribution in [0.5, 0.6) is 0 Å². The lowest BCUT2D eigenvalue weighted by atomic mass is 9.97. The van der Waals surface area contributed by atoms with Gasteiger partial charge in [-0.3, -0.25) is 19.5 Å². The van der Waals surface area contributed by atoms with E-state index in [-0.39, 0.29) is 12.3 Å². The standard InChI is InChI=1S/C19H22N4O3/c1-5-22-12(2)10-14(13(22)3)15(24)11-23-17(25)19(4,21-18(23)26)16-8-6-7-9-20-16/h6-10H,5,11H2,1-4H3,(H,21,26). The number of carbonyl (C=O) groups excluding carboxylic acids is 3. The van der Waals surface area contributed by atoms with Crippen LogP contribution in [0, 0.1) is 13.8 Å². The topological polar surface area (TPSA) is 84.3 Å². The summed E-state index contributed by atoms with van der Waals surface area (Å²) in [6, 6.07) is 6.38. The summed E-state index contributed by atoms with van der Waals surface area (Å²) in [5, 5.41) is 2.66. The lowest BCUT2D eigenvalue weighted by Crippen LogP contribution is -2.42. The number of hydrogen-bond donors (Lipinski definition) is 1. The molecule has 7 heteroatoms. The first-order chi connectivity index (χ1) is 12.3. The van der Waals surface area contributed by atoms with Crippen molar-refractivity contribution in [3.63, 3.8) is 0 Å². The van der Waals surface area contributed by atoms with Crippen LogP contribution in [-0.2, 0) is 16.9 Å². The molecule has 1 N–H and O–H groups in total. The predicted octanol–water partition coefficient (Wildman–Crippen LogP) is 2.17. The number of carbonyl (C=O) groups is 3. The Balaban J connectivity index is 1.86. The second-order valence-electron chi connectivity index (χ2n) is 6.61. The molecule has 3 heterocycles. The molecule has 0 saturated carbocycles. The Bertz CT molecular complexity index is 888. The molecule has 0 aromatic carbocycles. The molecular formula is C19H22N4O3. The van der Waals surface area contributed by atoms with Crippen molar-refractivity contribution in [1.29, 1.82) is 0 Å². The number of urea groups is 1. The zero-order valence-corrected chi connectivity index (χ0v) is 15.4. The van der Waals surface area contributed by atoms with E-state index in [1.807, 2.05) is 25.3 Å². The van der Waals surface area contributed by atoms with Gasteiger partial charge in [-0.2, -0.15) is 0 Å². The van der Waals surface area contributed by atoms with Crippen LogP contribution in [0.2, 0.25) is 0 Å². The van der Waals surface area contributed by atoms with Gasteiger partial charge in [-0.1, -0.05) is 6.07 Å². The van der Waals surface area contributed by atoms with Crippen LogP contribution in [0.4, 0.5) is 4.79 Å². The van der Waals surface area contributed by atoms with Crippen molar-refractivity contribution in [1.82, 2.24) is 19.8 Å². The smallest absolute Gasteiger partial charge is 0.325 e. The Labute approximate surface area is 152 Å². The molecule has 1 atom stereocenters. The predicted molar refractivity (Wildman–Crippen MR) is 95.7 cm³/mol. The third-order valence-corrected chi connectivity index (χ3v) is 4.94. The Morgan fingerprint density at radius 2 is 2.00 bits per heavy atom. The third kappa shape index (κ3) is 2.69. The molecule has 1 unspecified atom stereocenters. The van der Waals surface area contributed by atoms with Crippen LogP contribution < -0.4 is 5.32 Å². The SMILES string of the molecule is CCn1c(C)cc(C(=O)CN2C(=O)NC(C)(c3ccccn3)C2=O)c1C. The van der Waals surface area contributed by atoms with Gasteiger partial charge >= 0.3 is 6.03 Å². The lowest BCUT2D eigenvalue weighted by molar-refractivity contribution is -0.130. The van der Waals surface area contributed by atoms with E-state index >= 15 is 0 Å². The van der Waals surface area contributed by atoms with Crippen molar-refractivity contribution in [2.45, 2.75) is 39.8 Å². The zero-order valence-electron chi connectivity index (χ0n) is 15.4. The van der Waals surface area contributed by atoms with E-state index in [1.165, 1.54) is 0 Å². The van der Waals surface area contributed by atoms with Gasteiger partial charge in [-0.25, -0.2) is 4.79 Å². The van der Waals surface area contributed by atoms with Crippen LogP contribution in [0.25, 0.3) is 0 Å². The number of Topliss-reactive ketones (excluding diaryl/α,β-unsaturated/α-hetero) is 1. The van der Waals surface area contributed by atoms with Gasteiger partial charge in [0.05, 0.1) is 12.2 Å². The van der Waals surface area contributed by atoms with Gasteiger partial charge in [0, 0.05) is 29.7 Å². The largest absolute Gasteiger partial charge is 0.349 e. The number of nitrogens with one attached hydrogen (secondary N) is 1. The van der Waals surface area contributed by atoms with E-state index in [4.69, 9.17) is 0 Å². The molecule has 3 amide bonds. The molecule has 1 saturated heterocycles. The van der Waals surface area contributed by atoms with Gasteiger partial charge in [0.15, 0.2) is 11.3 Å². The van der Waals surface area contributed by atoms with Crippen molar-refractivity contribution < 1.29 is 14.4 Å². The average molecular weight is 354 g/mol. The summed E-state index contributed by atoms with van der Waals surface area (Å²) in [6.45, 7) is 7.87. The first-order valence-electron chi connectivity index (χ1n) is 8.55. The average Bonchev–Trinajstić information content (AvgIpc) is 3.03. The number of ketones is 1. The van der Waals surface area contributed by atoms with Gasteiger partial charge in [0.2, 0.25) is 0 Å². The molecule has 0 aliphatic carbocycles. The Kier molecular flexibility index (Phi) is 4.39. The van der Waals surface area contributed by atoms with Crippen molar-refractivity contribution in [2.24, 2.45) is 0 Å². The minimum absolute atomic E-state index is 0.258. The fraction of sp³-hybridized carbons (Fsp3) is 0.368. The molecule has 26 heavy (non-hydrogen) atoms. The molecule has 3 rings (SSSR count). The maximum absolute atomic E-state index is 12.9. The molecule has 1 fully saturated rings. The maximum atomic E-state index is 12.9. The molecule has 136 valence electrons. The lowest BCUT2D eigenvalue weighted by Gasteiger charge is -2.20. The summed E-state index contributed by atoms with van der Waals surface area (Å²) in [7, 11) is 0. The van der Waals surface area contributed by atoms with Crippen molar-refractivity contribution in [3.05, 3.63) is 53.1 Å². The quantitative estimate of drug-likeness (QED) is 0.659. The third-order valence-electron chi connectivity index (χ3n) is 4.94. The van der Waals surface area contributed by atoms with Gasteiger partial charge in [-0.15, -0.1) is 0 Å². The first kappa shape index (κ1) is 17.8. The summed E-state index contributed by atoms with van der Waals surface area (Å²) in [4.78, 5) is 43.1. The minimum Gasteiger partial charge on any atom is -0.349 e. The van der Waals surface area contributed by atoms with E-state index in [0.29, 0.717) is 11.3 Å². The van der Waals surface area contributed by atoms with Crippen molar-refractivity contribution >= 4 is 17.7 Å². The molecule has 7 nitrogen and oxygen atoms in total. The number of hydrogen-bond acceptors (Lipinski definition) is 4. The summed E-state index contributed by atoms with van der Waals surface area (Å²) < 4.78 is 2.02. The zero-order chi connectivity index (χ0) is 19.1. The summed E-state index contributed by atoms with van der Waals surface area (Å²) >= 11 is 0. The highest BCUT2D eigenvalue weighted by Crippen LogP contribution is 2.27. The molecular weight excluding hydrogens is 332 g/mol. The molecule has 0 spiro atoms. The van der Waals surface area contributed by atoms with Crippen LogP contribution in [0.15, 0.2) is 30.5 Å². The second-order valence-corrected chi connectivity index (χ2v) is 6.61. The van der Waals surface area contributed by atoms with E-state index < -0.39 is 17.5 Å². The number of imide groups is 1. The number of nitrogens with zero attached hydrogens (tertiary/aromatic N) is 3. The Hall–Kier alpha value is -2.96. The molecule has 2 aromatic heterocycles. The monoisotopic (exact) mass is 354 g/mol. The summed E-state index contributed by atoms with van der Waals surface area (Å²) in [5.74, 6) is -0.731. The first-order valence-corrected chi connectivity index (χ1v) is 8.55. The maximum Gasteiger partial charge on any atom is 0.325 e. The molecule has 1 aliphatic heterocycles. The minimum atomic E-state index is -1.26. The van der Waals surface area contributed by atoms with E-state index in [2.05, 4.69) is 10.3 Å². The van der Waals surface area contributed by atoms with Crippen LogP contribution in [0.3, 0.4) is 0 Å². The highest BCUT2D eigenvalue weighted by Gasteiger charge is 2.50. The fourth-order valence-corrected chi connectivity index (χ4v) is 3.47. The number of rotatable bonds is 5.